The molecule has 0 aromatic heterocycles. The number of halogens is 1. The molecule has 5 nitrogen and oxygen atoms in total. The minimum Gasteiger partial charge on any atom is -0.461 e. The lowest BCUT2D eigenvalue weighted by Crippen LogP contribution is -2.06. The summed E-state index contributed by atoms with van der Waals surface area (Å²) in [6, 6.07) is 20.3. The number of esters is 1. The molecule has 32 heavy (non-hydrogen) atoms. The van der Waals surface area contributed by atoms with Crippen molar-refractivity contribution in [3.63, 3.8) is 0 Å². The Morgan fingerprint density at radius 3 is 2.50 bits per heavy atom. The first-order valence-electron chi connectivity index (χ1n) is 10.6. The van der Waals surface area contributed by atoms with E-state index >= 15 is 0 Å². The summed E-state index contributed by atoms with van der Waals surface area (Å²) >= 11 is 0. The summed E-state index contributed by atoms with van der Waals surface area (Å²) in [5.74, 6) is -0.576. The second-order valence-electron chi connectivity index (χ2n) is 7.30. The van der Waals surface area contributed by atoms with Gasteiger partial charge < -0.3 is 20.9 Å². The van der Waals surface area contributed by atoms with Gasteiger partial charge in [-0.05, 0) is 54.7 Å². The van der Waals surface area contributed by atoms with Gasteiger partial charge in [0.1, 0.15) is 12.4 Å². The monoisotopic (exact) mass is 438 g/mol. The molecule has 170 valence electrons. The van der Waals surface area contributed by atoms with Crippen molar-refractivity contribution in [2.75, 3.05) is 17.6 Å². The summed E-state index contributed by atoms with van der Waals surface area (Å²) in [6.45, 7) is 4.98. The summed E-state index contributed by atoms with van der Waals surface area (Å²) in [7, 11) is 0. The maximum atomic E-state index is 12.7. The van der Waals surface area contributed by atoms with Crippen molar-refractivity contribution < 1.29 is 19.0 Å². The Morgan fingerprint density at radius 1 is 1.06 bits per heavy atom. The van der Waals surface area contributed by atoms with E-state index in [1.54, 1.807) is 12.1 Å². The summed E-state index contributed by atoms with van der Waals surface area (Å²) in [4.78, 5) is 11.7. The molecule has 3 rings (SSSR count). The van der Waals surface area contributed by atoms with Crippen LogP contribution in [-0.2, 0) is 29.2 Å². The van der Waals surface area contributed by atoms with Gasteiger partial charge in [-0.1, -0.05) is 54.6 Å². The van der Waals surface area contributed by atoms with Gasteiger partial charge in [-0.3, -0.25) is 4.79 Å². The number of carbonyl (C=O) groups excluding carboxylic acids is 1. The Balaban J connectivity index is 0.000000278. The quantitative estimate of drug-likeness (QED) is 0.340. The van der Waals surface area contributed by atoms with Gasteiger partial charge in [0.2, 0.25) is 0 Å². The predicted octanol–water partition coefficient (Wildman–Crippen LogP) is 5.00. The maximum absolute atomic E-state index is 12.7. The second-order valence-corrected chi connectivity index (χ2v) is 7.30. The molecular weight excluding hydrogens is 407 g/mol. The fourth-order valence-corrected chi connectivity index (χ4v) is 2.99. The first-order chi connectivity index (χ1) is 15.4. The summed E-state index contributed by atoms with van der Waals surface area (Å²) in [5.41, 5.74) is 10.3. The molecule has 0 atom stereocenters. The van der Waals surface area contributed by atoms with Crippen LogP contribution in [0.1, 0.15) is 35.6 Å². The Morgan fingerprint density at radius 2 is 1.81 bits per heavy atom. The molecule has 0 amide bonds. The van der Waals surface area contributed by atoms with Crippen LogP contribution in [-0.4, -0.2) is 17.6 Å². The molecule has 0 saturated carbocycles. The SMILES string of the molecule is CCNc1cccc(F)c1N.Cc1ccc(CCC(=O)OCc2ccccc2)cc1CO. The van der Waals surface area contributed by atoms with Crippen LogP contribution >= 0.6 is 0 Å². The van der Waals surface area contributed by atoms with Crippen molar-refractivity contribution in [1.29, 1.82) is 0 Å². The number of rotatable bonds is 8. The highest BCUT2D eigenvalue weighted by atomic mass is 19.1. The molecule has 0 bridgehead atoms. The van der Waals surface area contributed by atoms with Gasteiger partial charge in [-0.15, -0.1) is 0 Å². The predicted molar refractivity (Wildman–Crippen MR) is 127 cm³/mol. The van der Waals surface area contributed by atoms with Gasteiger partial charge >= 0.3 is 5.97 Å². The van der Waals surface area contributed by atoms with Crippen molar-refractivity contribution in [1.82, 2.24) is 0 Å². The van der Waals surface area contributed by atoms with Gasteiger partial charge in [0.05, 0.1) is 18.0 Å². The molecule has 0 heterocycles. The van der Waals surface area contributed by atoms with Gasteiger partial charge in [0, 0.05) is 13.0 Å². The topological polar surface area (TPSA) is 84.6 Å². The standard InChI is InChI=1S/C18H20O3.C8H11FN2/c1-14-7-8-15(11-17(14)12-19)9-10-18(20)21-13-16-5-3-2-4-6-16;1-2-11-7-5-3-4-6(9)8(7)10/h2-8,11,19H,9-10,12-13H2,1H3;3-5,11H,2,10H2,1H3. The van der Waals surface area contributed by atoms with Crippen LogP contribution in [0, 0.1) is 12.7 Å². The number of aryl methyl sites for hydroxylation is 2. The van der Waals surface area contributed by atoms with E-state index in [0.29, 0.717) is 25.1 Å². The smallest absolute Gasteiger partial charge is 0.306 e. The van der Waals surface area contributed by atoms with E-state index in [1.165, 1.54) is 6.07 Å². The molecule has 0 aliphatic heterocycles. The van der Waals surface area contributed by atoms with E-state index in [9.17, 15) is 14.3 Å². The normalized spacial score (nSPS) is 10.1. The van der Waals surface area contributed by atoms with Crippen molar-refractivity contribution in [3.8, 4) is 0 Å². The molecule has 0 radical (unpaired) electrons. The molecule has 6 heteroatoms. The molecule has 0 saturated heterocycles. The van der Waals surface area contributed by atoms with E-state index in [1.807, 2.05) is 62.4 Å². The molecular formula is C26H31FN2O3. The Labute approximate surface area is 189 Å². The van der Waals surface area contributed by atoms with Crippen LogP contribution < -0.4 is 11.1 Å². The molecule has 0 aliphatic rings. The number of nitrogens with one attached hydrogen (secondary N) is 1. The number of hydrogen-bond donors (Lipinski definition) is 3. The summed E-state index contributed by atoms with van der Waals surface area (Å²) < 4.78 is 18.0. The number of nitrogen functional groups attached to an aromatic ring is 1. The van der Waals surface area contributed by atoms with Crippen molar-refractivity contribution >= 4 is 17.3 Å². The molecule has 0 unspecified atom stereocenters. The van der Waals surface area contributed by atoms with Gasteiger partial charge in [0.15, 0.2) is 0 Å². The highest BCUT2D eigenvalue weighted by Crippen LogP contribution is 2.20. The van der Waals surface area contributed by atoms with E-state index in [-0.39, 0.29) is 24.1 Å². The third-order valence-electron chi connectivity index (χ3n) is 4.86. The number of nitrogens with two attached hydrogens (primary N) is 1. The van der Waals surface area contributed by atoms with Gasteiger partial charge in [0.25, 0.3) is 0 Å². The molecule has 0 aliphatic carbocycles. The minimum atomic E-state index is -0.372. The number of aliphatic hydroxyl groups excluding tert-OH is 1. The van der Waals surface area contributed by atoms with E-state index < -0.39 is 0 Å². The zero-order valence-electron chi connectivity index (χ0n) is 18.6. The number of hydrogen-bond acceptors (Lipinski definition) is 5. The fourth-order valence-electron chi connectivity index (χ4n) is 2.99. The van der Waals surface area contributed by atoms with Crippen molar-refractivity contribution in [2.24, 2.45) is 0 Å². The van der Waals surface area contributed by atoms with E-state index in [0.717, 1.165) is 28.8 Å². The molecule has 3 aromatic carbocycles. The highest BCUT2D eigenvalue weighted by molar-refractivity contribution is 5.69. The van der Waals surface area contributed by atoms with Crippen molar-refractivity contribution in [3.05, 3.63) is 94.8 Å². The van der Waals surface area contributed by atoms with Crippen LogP contribution in [0.3, 0.4) is 0 Å². The zero-order chi connectivity index (χ0) is 23.3. The lowest BCUT2D eigenvalue weighted by atomic mass is 10.0. The Kier molecular flexibility index (Phi) is 10.2. The number of para-hydroxylation sites is 1. The third kappa shape index (κ3) is 8.04. The molecule has 0 spiro atoms. The Bertz CT molecular complexity index is 994. The lowest BCUT2D eigenvalue weighted by molar-refractivity contribution is -0.144. The first kappa shape index (κ1) is 24.9. The lowest BCUT2D eigenvalue weighted by Gasteiger charge is -2.07. The maximum Gasteiger partial charge on any atom is 0.306 e. The molecule has 4 N–H and O–H groups in total. The van der Waals surface area contributed by atoms with Crippen LogP contribution in [0.2, 0.25) is 0 Å². The van der Waals surface area contributed by atoms with Crippen molar-refractivity contribution in [2.45, 2.75) is 39.9 Å². The van der Waals surface area contributed by atoms with Crippen LogP contribution in [0.4, 0.5) is 15.8 Å². The molecule has 0 fully saturated rings. The first-order valence-corrected chi connectivity index (χ1v) is 10.6. The van der Waals surface area contributed by atoms with Crippen LogP contribution in [0.15, 0.2) is 66.7 Å². The van der Waals surface area contributed by atoms with Gasteiger partial charge in [-0.25, -0.2) is 4.39 Å². The zero-order valence-corrected chi connectivity index (χ0v) is 18.6. The van der Waals surface area contributed by atoms with E-state index in [4.69, 9.17) is 10.5 Å². The number of carbonyl (C=O) groups is 1. The number of aliphatic hydroxyl groups is 1. The molecule has 3 aromatic rings. The minimum absolute atomic E-state index is 0.0259. The average molecular weight is 439 g/mol. The fraction of sp³-hybridized carbons (Fsp3) is 0.269. The summed E-state index contributed by atoms with van der Waals surface area (Å²) in [5, 5.41) is 12.2. The number of anilines is 2. The second kappa shape index (κ2) is 13.1. The van der Waals surface area contributed by atoms with Gasteiger partial charge in [-0.2, -0.15) is 0 Å². The largest absolute Gasteiger partial charge is 0.461 e. The third-order valence-corrected chi connectivity index (χ3v) is 4.86. The highest BCUT2D eigenvalue weighted by Gasteiger charge is 2.06. The van der Waals surface area contributed by atoms with Crippen LogP contribution in [0.5, 0.6) is 0 Å². The summed E-state index contributed by atoms with van der Waals surface area (Å²) in [6.07, 6.45) is 0.974. The number of benzene rings is 3. The van der Waals surface area contributed by atoms with Crippen LogP contribution in [0.25, 0.3) is 0 Å². The van der Waals surface area contributed by atoms with E-state index in [2.05, 4.69) is 5.32 Å². The average Bonchev–Trinajstić information content (AvgIpc) is 2.81. The Hall–Kier alpha value is -3.38. The number of ether oxygens (including phenoxy) is 1.